The molecule has 5 heteroatoms. The first-order valence-corrected chi connectivity index (χ1v) is 8.09. The molecule has 2 heterocycles. The summed E-state index contributed by atoms with van der Waals surface area (Å²) in [6, 6.07) is 7.11. The van der Waals surface area contributed by atoms with Crippen molar-refractivity contribution in [2.75, 3.05) is 18.5 Å². The molecule has 0 N–H and O–H groups in total. The van der Waals surface area contributed by atoms with Crippen LogP contribution >= 0.6 is 0 Å². The average Bonchev–Trinajstić information content (AvgIpc) is 2.88. The Morgan fingerprint density at radius 3 is 2.70 bits per heavy atom. The van der Waals surface area contributed by atoms with Crippen molar-refractivity contribution in [2.45, 2.75) is 45.8 Å². The fraction of sp³-hybridized carbons (Fsp3) is 0.556. The molecule has 1 aromatic rings. The van der Waals surface area contributed by atoms with Crippen LogP contribution in [-0.4, -0.2) is 42.5 Å². The Hall–Kier alpha value is -2.04. The van der Waals surface area contributed by atoms with Gasteiger partial charge in [0.1, 0.15) is 17.9 Å². The third-order valence-corrected chi connectivity index (χ3v) is 4.40. The molecule has 1 saturated heterocycles. The quantitative estimate of drug-likeness (QED) is 0.799. The van der Waals surface area contributed by atoms with Crippen LogP contribution in [0.2, 0.25) is 0 Å². The van der Waals surface area contributed by atoms with Crippen LogP contribution < -0.4 is 9.64 Å². The highest BCUT2D eigenvalue weighted by molar-refractivity contribution is 6.00. The molecule has 0 saturated carbocycles. The summed E-state index contributed by atoms with van der Waals surface area (Å²) in [7, 11) is 1.75. The molecule has 0 aromatic heterocycles. The van der Waals surface area contributed by atoms with Crippen molar-refractivity contribution in [3.8, 4) is 5.75 Å². The maximum Gasteiger partial charge on any atom is 0.249 e. The number of carbonyl (C=O) groups is 2. The van der Waals surface area contributed by atoms with E-state index in [4.69, 9.17) is 4.74 Å². The van der Waals surface area contributed by atoms with E-state index in [2.05, 4.69) is 0 Å². The van der Waals surface area contributed by atoms with Gasteiger partial charge in [0, 0.05) is 19.9 Å². The number of para-hydroxylation sites is 2. The first-order chi connectivity index (χ1) is 10.8. The molecule has 0 radical (unpaired) electrons. The highest BCUT2D eigenvalue weighted by Crippen LogP contribution is 2.36. The molecular formula is C18H24N2O3. The van der Waals surface area contributed by atoms with E-state index in [0.29, 0.717) is 25.1 Å². The largest absolute Gasteiger partial charge is 0.486 e. The number of ether oxygens (including phenoxy) is 1. The number of fused-ring (bicyclic) bond motifs is 3. The zero-order chi connectivity index (χ0) is 16.8. The molecule has 0 unspecified atom stereocenters. The molecule has 1 fully saturated rings. The minimum Gasteiger partial charge on any atom is -0.486 e. The summed E-state index contributed by atoms with van der Waals surface area (Å²) in [5, 5.41) is 0. The zero-order valence-corrected chi connectivity index (χ0v) is 14.2. The van der Waals surface area contributed by atoms with Gasteiger partial charge in [-0.05, 0) is 17.5 Å². The smallest absolute Gasteiger partial charge is 0.249 e. The van der Waals surface area contributed by atoms with Crippen molar-refractivity contribution < 1.29 is 14.3 Å². The number of benzene rings is 1. The van der Waals surface area contributed by atoms with Gasteiger partial charge in [-0.25, -0.2) is 0 Å². The lowest BCUT2D eigenvalue weighted by Gasteiger charge is -2.30. The van der Waals surface area contributed by atoms with E-state index in [0.717, 1.165) is 5.69 Å². The summed E-state index contributed by atoms with van der Waals surface area (Å²) < 4.78 is 6.07. The first-order valence-electron chi connectivity index (χ1n) is 8.09. The number of carbonyl (C=O) groups excluding carboxylic acids is 2. The summed E-state index contributed by atoms with van der Waals surface area (Å²) in [4.78, 5) is 28.8. The molecule has 0 spiro atoms. The number of hydrogen-bond acceptors (Lipinski definition) is 3. The van der Waals surface area contributed by atoms with Gasteiger partial charge in [0.15, 0.2) is 0 Å². The molecule has 2 atom stereocenters. The van der Waals surface area contributed by atoms with Crippen LogP contribution in [0, 0.1) is 5.41 Å². The van der Waals surface area contributed by atoms with Crippen LogP contribution in [0.15, 0.2) is 24.3 Å². The molecule has 23 heavy (non-hydrogen) atoms. The Kier molecular flexibility index (Phi) is 3.82. The molecule has 2 aliphatic rings. The number of amides is 2. The topological polar surface area (TPSA) is 49.9 Å². The van der Waals surface area contributed by atoms with Gasteiger partial charge in [0.25, 0.3) is 0 Å². The summed E-state index contributed by atoms with van der Waals surface area (Å²) in [6.07, 6.45) is 0.871. The normalized spacial score (nSPS) is 23.9. The van der Waals surface area contributed by atoms with Gasteiger partial charge >= 0.3 is 0 Å². The number of likely N-dealkylation sites (tertiary alicyclic amines) is 1. The number of rotatable bonds is 1. The van der Waals surface area contributed by atoms with Crippen molar-refractivity contribution in [2.24, 2.45) is 5.41 Å². The Morgan fingerprint density at radius 1 is 1.30 bits per heavy atom. The van der Waals surface area contributed by atoms with Crippen molar-refractivity contribution in [3.05, 3.63) is 24.3 Å². The van der Waals surface area contributed by atoms with Crippen molar-refractivity contribution in [3.63, 3.8) is 0 Å². The maximum absolute atomic E-state index is 12.9. The van der Waals surface area contributed by atoms with Gasteiger partial charge in [-0.3, -0.25) is 9.59 Å². The van der Waals surface area contributed by atoms with Crippen LogP contribution in [0.1, 0.15) is 33.6 Å². The van der Waals surface area contributed by atoms with Crippen LogP contribution in [0.4, 0.5) is 5.69 Å². The molecule has 3 rings (SSSR count). The fourth-order valence-corrected chi connectivity index (χ4v) is 3.30. The van der Waals surface area contributed by atoms with Gasteiger partial charge < -0.3 is 14.5 Å². The standard InChI is InChI=1S/C18H24N2O3/c1-18(2,3)10-16(21)20-11-12-9-14(20)17(22)19(4)13-7-5-6-8-15(13)23-12/h5-8,12,14H,9-11H2,1-4H3/t12-,14-/m0/s1. The second-order valence-corrected chi connectivity index (χ2v) is 7.64. The zero-order valence-electron chi connectivity index (χ0n) is 14.2. The number of anilines is 1. The molecule has 124 valence electrons. The molecular weight excluding hydrogens is 292 g/mol. The van der Waals surface area contributed by atoms with E-state index in [9.17, 15) is 9.59 Å². The van der Waals surface area contributed by atoms with Gasteiger partial charge in [-0.1, -0.05) is 32.9 Å². The summed E-state index contributed by atoms with van der Waals surface area (Å²) >= 11 is 0. The van der Waals surface area contributed by atoms with Gasteiger partial charge in [0.05, 0.1) is 12.2 Å². The lowest BCUT2D eigenvalue weighted by molar-refractivity contribution is -0.138. The van der Waals surface area contributed by atoms with E-state index in [1.807, 2.05) is 45.0 Å². The monoisotopic (exact) mass is 316 g/mol. The molecule has 2 aliphatic heterocycles. The lowest BCUT2D eigenvalue weighted by Crippen LogP contribution is -2.47. The van der Waals surface area contributed by atoms with Crippen molar-refractivity contribution >= 4 is 17.5 Å². The van der Waals surface area contributed by atoms with Crippen LogP contribution in [0.5, 0.6) is 5.75 Å². The number of likely N-dealkylation sites (N-methyl/N-ethyl adjacent to an activating group) is 1. The van der Waals surface area contributed by atoms with Gasteiger partial charge in [-0.15, -0.1) is 0 Å². The first kappa shape index (κ1) is 15.8. The van der Waals surface area contributed by atoms with E-state index in [1.165, 1.54) is 0 Å². The van der Waals surface area contributed by atoms with Gasteiger partial charge in [0.2, 0.25) is 11.8 Å². The summed E-state index contributed by atoms with van der Waals surface area (Å²) in [5.74, 6) is 0.698. The van der Waals surface area contributed by atoms with Crippen LogP contribution in [0.25, 0.3) is 0 Å². The molecule has 0 aliphatic carbocycles. The highest BCUT2D eigenvalue weighted by atomic mass is 16.5. The lowest BCUT2D eigenvalue weighted by atomic mass is 9.91. The van der Waals surface area contributed by atoms with Crippen molar-refractivity contribution in [1.29, 1.82) is 0 Å². The van der Waals surface area contributed by atoms with E-state index in [1.54, 1.807) is 16.8 Å². The van der Waals surface area contributed by atoms with Crippen LogP contribution in [-0.2, 0) is 9.59 Å². The van der Waals surface area contributed by atoms with Crippen LogP contribution in [0.3, 0.4) is 0 Å². The number of nitrogens with zero attached hydrogens (tertiary/aromatic N) is 2. The Morgan fingerprint density at radius 2 is 2.00 bits per heavy atom. The molecule has 1 aromatic carbocycles. The molecule has 2 bridgehead atoms. The predicted molar refractivity (Wildman–Crippen MR) is 88.5 cm³/mol. The average molecular weight is 316 g/mol. The fourth-order valence-electron chi connectivity index (χ4n) is 3.30. The van der Waals surface area contributed by atoms with E-state index < -0.39 is 6.04 Å². The summed E-state index contributed by atoms with van der Waals surface area (Å²) in [6.45, 7) is 6.58. The third-order valence-electron chi connectivity index (χ3n) is 4.40. The SMILES string of the molecule is CN1C(=O)[C@@H]2C[C@@H](CN2C(=O)CC(C)(C)C)Oc2ccccc21. The number of hydrogen-bond donors (Lipinski definition) is 0. The predicted octanol–water partition coefficient (Wildman–Crippen LogP) is 2.45. The molecule has 2 amide bonds. The van der Waals surface area contributed by atoms with Gasteiger partial charge in [-0.2, -0.15) is 0 Å². The van der Waals surface area contributed by atoms with Crippen molar-refractivity contribution in [1.82, 2.24) is 4.90 Å². The highest BCUT2D eigenvalue weighted by Gasteiger charge is 2.44. The molecule has 5 nitrogen and oxygen atoms in total. The Balaban J connectivity index is 1.89. The van der Waals surface area contributed by atoms with E-state index in [-0.39, 0.29) is 23.3 Å². The minimum absolute atomic E-state index is 0.0290. The Bertz CT molecular complexity index is 635. The second-order valence-electron chi connectivity index (χ2n) is 7.64. The summed E-state index contributed by atoms with van der Waals surface area (Å²) in [5.41, 5.74) is 0.663. The third kappa shape index (κ3) is 3.05. The van der Waals surface area contributed by atoms with E-state index >= 15 is 0 Å². The Labute approximate surface area is 137 Å². The minimum atomic E-state index is -0.423. The second kappa shape index (κ2) is 5.55. The maximum atomic E-state index is 12.9.